The van der Waals surface area contributed by atoms with E-state index < -0.39 is 10.0 Å². The molecule has 7 heteroatoms. The number of carbonyl (C=O) groups excluding carboxylic acids is 1. The van der Waals surface area contributed by atoms with Gasteiger partial charge in [-0.3, -0.25) is 9.69 Å². The fourth-order valence-electron chi connectivity index (χ4n) is 3.01. The Labute approximate surface area is 157 Å². The zero-order valence-electron chi connectivity index (χ0n) is 16.4. The number of nitrogens with zero attached hydrogens (tertiary/aromatic N) is 1. The third-order valence-corrected chi connectivity index (χ3v) is 6.16. The molecule has 0 aromatic heterocycles. The molecular formula is C19H31N3O3S. The van der Waals surface area contributed by atoms with Crippen LogP contribution in [0.2, 0.25) is 0 Å². The maximum Gasteiger partial charge on any atom is 0.251 e. The van der Waals surface area contributed by atoms with Crippen LogP contribution in [0.5, 0.6) is 0 Å². The molecule has 1 aromatic rings. The van der Waals surface area contributed by atoms with E-state index in [1.807, 2.05) is 6.92 Å². The number of amides is 1. The number of sulfonamides is 1. The van der Waals surface area contributed by atoms with E-state index in [1.165, 1.54) is 6.07 Å². The van der Waals surface area contributed by atoms with Crippen molar-refractivity contribution in [2.24, 2.45) is 0 Å². The first-order valence-corrected chi connectivity index (χ1v) is 10.8. The van der Waals surface area contributed by atoms with Crippen molar-refractivity contribution >= 4 is 15.9 Å². The largest absolute Gasteiger partial charge is 0.351 e. The van der Waals surface area contributed by atoms with Gasteiger partial charge in [-0.2, -0.15) is 0 Å². The van der Waals surface area contributed by atoms with Crippen LogP contribution in [0.4, 0.5) is 0 Å². The van der Waals surface area contributed by atoms with Crippen LogP contribution >= 0.6 is 0 Å². The molecule has 1 amide bonds. The summed E-state index contributed by atoms with van der Waals surface area (Å²) in [5.74, 6) is -0.238. The van der Waals surface area contributed by atoms with Gasteiger partial charge >= 0.3 is 0 Å². The van der Waals surface area contributed by atoms with Gasteiger partial charge in [0.05, 0.1) is 4.90 Å². The lowest BCUT2D eigenvalue weighted by Crippen LogP contribution is -2.42. The number of rotatable bonds is 9. The van der Waals surface area contributed by atoms with E-state index >= 15 is 0 Å². The summed E-state index contributed by atoms with van der Waals surface area (Å²) >= 11 is 0. The minimum Gasteiger partial charge on any atom is -0.351 e. The fourth-order valence-corrected chi connectivity index (χ4v) is 4.34. The van der Waals surface area contributed by atoms with Crippen molar-refractivity contribution in [1.29, 1.82) is 0 Å². The average Bonchev–Trinajstić information content (AvgIpc) is 3.33. The van der Waals surface area contributed by atoms with Gasteiger partial charge in [0.2, 0.25) is 10.0 Å². The quantitative estimate of drug-likeness (QED) is 0.688. The second kappa shape index (κ2) is 8.50. The number of hydrogen-bond acceptors (Lipinski definition) is 4. The summed E-state index contributed by atoms with van der Waals surface area (Å²) in [7, 11) is -3.56. The standard InChI is InChI=1S/C19H31N3O3S/c1-13(2)22(14(3)4)11-10-20-19(23)18-12-17(9-6-15(18)5)26(24,25)21-16-7-8-16/h6,9,12-14,16,21H,7-8,10-11H2,1-5H3,(H,20,23). The third-order valence-electron chi connectivity index (χ3n) is 4.65. The normalized spacial score (nSPS) is 15.1. The van der Waals surface area contributed by atoms with Crippen LogP contribution in [0.25, 0.3) is 0 Å². The predicted octanol–water partition coefficient (Wildman–Crippen LogP) is 2.28. The molecule has 2 N–H and O–H groups in total. The van der Waals surface area contributed by atoms with Gasteiger partial charge < -0.3 is 5.32 Å². The van der Waals surface area contributed by atoms with E-state index in [-0.39, 0.29) is 16.8 Å². The monoisotopic (exact) mass is 381 g/mol. The molecule has 1 fully saturated rings. The van der Waals surface area contributed by atoms with Crippen LogP contribution in [0.1, 0.15) is 56.5 Å². The van der Waals surface area contributed by atoms with Crippen LogP contribution < -0.4 is 10.0 Å². The molecule has 6 nitrogen and oxygen atoms in total. The molecule has 0 saturated heterocycles. The number of nitrogens with one attached hydrogen (secondary N) is 2. The highest BCUT2D eigenvalue weighted by Gasteiger charge is 2.28. The van der Waals surface area contributed by atoms with E-state index in [1.54, 1.807) is 12.1 Å². The first kappa shape index (κ1) is 20.9. The summed E-state index contributed by atoms with van der Waals surface area (Å²) in [6.07, 6.45) is 1.75. The van der Waals surface area contributed by atoms with Crippen LogP contribution in [-0.4, -0.2) is 50.4 Å². The molecule has 0 heterocycles. The van der Waals surface area contributed by atoms with Crippen molar-refractivity contribution in [3.05, 3.63) is 29.3 Å². The van der Waals surface area contributed by atoms with Gasteiger partial charge in [0.25, 0.3) is 5.91 Å². The van der Waals surface area contributed by atoms with E-state index in [9.17, 15) is 13.2 Å². The summed E-state index contributed by atoms with van der Waals surface area (Å²) in [5.41, 5.74) is 1.17. The minimum absolute atomic E-state index is 0.0385. The van der Waals surface area contributed by atoms with E-state index in [0.717, 1.165) is 24.9 Å². The Morgan fingerprint density at radius 1 is 1.19 bits per heavy atom. The molecule has 1 aliphatic rings. The van der Waals surface area contributed by atoms with Crippen molar-refractivity contribution in [1.82, 2.24) is 14.9 Å². The molecule has 26 heavy (non-hydrogen) atoms. The van der Waals surface area contributed by atoms with Gasteiger partial charge in [0.15, 0.2) is 0 Å². The van der Waals surface area contributed by atoms with Gasteiger partial charge in [-0.25, -0.2) is 13.1 Å². The lowest BCUT2D eigenvalue weighted by atomic mass is 10.1. The molecule has 1 aliphatic carbocycles. The third kappa shape index (κ3) is 5.53. The number of aryl methyl sites for hydroxylation is 1. The van der Waals surface area contributed by atoms with Crippen LogP contribution in [-0.2, 0) is 10.0 Å². The predicted molar refractivity (Wildman–Crippen MR) is 104 cm³/mol. The maximum atomic E-state index is 12.6. The van der Waals surface area contributed by atoms with Crippen molar-refractivity contribution < 1.29 is 13.2 Å². The topological polar surface area (TPSA) is 78.5 Å². The number of carbonyl (C=O) groups is 1. The molecule has 0 bridgehead atoms. The molecular weight excluding hydrogens is 350 g/mol. The molecule has 0 unspecified atom stereocenters. The number of hydrogen-bond donors (Lipinski definition) is 2. The zero-order chi connectivity index (χ0) is 19.5. The Balaban J connectivity index is 2.05. The van der Waals surface area contributed by atoms with E-state index in [4.69, 9.17) is 0 Å². The Bertz CT molecular complexity index is 732. The van der Waals surface area contributed by atoms with Gasteiger partial charge in [-0.1, -0.05) is 6.07 Å². The highest BCUT2D eigenvalue weighted by molar-refractivity contribution is 7.89. The lowest BCUT2D eigenvalue weighted by molar-refractivity contribution is 0.0938. The Morgan fingerprint density at radius 2 is 1.81 bits per heavy atom. The molecule has 1 aromatic carbocycles. The van der Waals surface area contributed by atoms with Crippen molar-refractivity contribution in [2.75, 3.05) is 13.1 Å². The SMILES string of the molecule is Cc1ccc(S(=O)(=O)NC2CC2)cc1C(=O)NCCN(C(C)C)C(C)C. The smallest absolute Gasteiger partial charge is 0.251 e. The summed E-state index contributed by atoms with van der Waals surface area (Å²) in [5, 5.41) is 2.92. The molecule has 2 rings (SSSR count). The Morgan fingerprint density at radius 3 is 2.35 bits per heavy atom. The average molecular weight is 382 g/mol. The zero-order valence-corrected chi connectivity index (χ0v) is 17.2. The lowest BCUT2D eigenvalue weighted by Gasteiger charge is -2.30. The minimum atomic E-state index is -3.56. The summed E-state index contributed by atoms with van der Waals surface area (Å²) in [4.78, 5) is 15.0. The van der Waals surface area contributed by atoms with Crippen molar-refractivity contribution in [3.8, 4) is 0 Å². The van der Waals surface area contributed by atoms with Crippen molar-refractivity contribution in [2.45, 2.75) is 70.5 Å². The molecule has 146 valence electrons. The summed E-state index contributed by atoms with van der Waals surface area (Å²) < 4.78 is 27.4. The van der Waals surface area contributed by atoms with Gasteiger partial charge in [-0.05, 0) is 65.2 Å². The second-order valence-electron chi connectivity index (χ2n) is 7.55. The second-order valence-corrected chi connectivity index (χ2v) is 9.27. The molecule has 0 spiro atoms. The molecule has 0 aliphatic heterocycles. The van der Waals surface area contributed by atoms with Crippen LogP contribution in [0.3, 0.4) is 0 Å². The highest BCUT2D eigenvalue weighted by Crippen LogP contribution is 2.23. The Hall–Kier alpha value is -1.44. The van der Waals surface area contributed by atoms with Gasteiger partial charge in [0.1, 0.15) is 0 Å². The van der Waals surface area contributed by atoms with E-state index in [2.05, 4.69) is 42.6 Å². The first-order valence-electron chi connectivity index (χ1n) is 9.28. The summed E-state index contributed by atoms with van der Waals surface area (Å²) in [6, 6.07) is 5.54. The van der Waals surface area contributed by atoms with Gasteiger partial charge in [0, 0.05) is 36.8 Å². The maximum absolute atomic E-state index is 12.6. The molecule has 0 radical (unpaired) electrons. The first-order chi connectivity index (χ1) is 12.1. The van der Waals surface area contributed by atoms with Crippen LogP contribution in [0.15, 0.2) is 23.1 Å². The molecule has 0 atom stereocenters. The molecule has 1 saturated carbocycles. The van der Waals surface area contributed by atoms with E-state index in [0.29, 0.717) is 24.2 Å². The van der Waals surface area contributed by atoms with Crippen LogP contribution in [0, 0.1) is 6.92 Å². The highest BCUT2D eigenvalue weighted by atomic mass is 32.2. The van der Waals surface area contributed by atoms with Gasteiger partial charge in [-0.15, -0.1) is 0 Å². The van der Waals surface area contributed by atoms with Crippen molar-refractivity contribution in [3.63, 3.8) is 0 Å². The summed E-state index contributed by atoms with van der Waals surface area (Å²) in [6.45, 7) is 11.6. The fraction of sp³-hybridized carbons (Fsp3) is 0.632. The Kier molecular flexibility index (Phi) is 6.82. The number of benzene rings is 1.